The molecule has 2 aliphatic heterocycles. The number of carboxylic acids is 1. The molecule has 0 aliphatic carbocycles. The van der Waals surface area contributed by atoms with Gasteiger partial charge in [0.25, 0.3) is 0 Å². The summed E-state index contributed by atoms with van der Waals surface area (Å²) < 4.78 is 6.28. The van der Waals surface area contributed by atoms with Gasteiger partial charge in [-0.2, -0.15) is 4.98 Å². The minimum Gasteiger partial charge on any atom is -0.479 e. The van der Waals surface area contributed by atoms with E-state index in [4.69, 9.17) is 19.7 Å². The van der Waals surface area contributed by atoms with E-state index in [0.29, 0.717) is 17.8 Å². The van der Waals surface area contributed by atoms with E-state index in [1.165, 1.54) is 11.1 Å². The highest BCUT2D eigenvalue weighted by molar-refractivity contribution is 5.91. The van der Waals surface area contributed by atoms with Crippen molar-refractivity contribution in [1.29, 1.82) is 0 Å². The van der Waals surface area contributed by atoms with Crippen LogP contribution >= 0.6 is 0 Å². The average Bonchev–Trinajstić information content (AvgIpc) is 3.02. The van der Waals surface area contributed by atoms with E-state index in [0.717, 1.165) is 84.1 Å². The molecule has 4 heterocycles. The summed E-state index contributed by atoms with van der Waals surface area (Å²) in [5.74, 6) is 0.657. The Hall–Kier alpha value is -4.24. The van der Waals surface area contributed by atoms with E-state index in [9.17, 15) is 9.90 Å². The maximum Gasteiger partial charge on any atom is 0.337 e. The topological polar surface area (TPSA) is 94.9 Å². The molecule has 2 aliphatic rings. The van der Waals surface area contributed by atoms with Crippen molar-refractivity contribution in [2.24, 2.45) is 5.41 Å². The smallest absolute Gasteiger partial charge is 0.337 e. The van der Waals surface area contributed by atoms with Crippen LogP contribution in [-0.2, 0) is 22.5 Å². The molecule has 254 valence electrons. The minimum atomic E-state index is -1.14. The average molecular weight is 651 g/mol. The number of anilines is 3. The van der Waals surface area contributed by atoms with Crippen LogP contribution in [0.3, 0.4) is 0 Å². The molecule has 1 saturated heterocycles. The molecule has 0 unspecified atom stereocenters. The molecule has 6 rings (SSSR count). The van der Waals surface area contributed by atoms with Gasteiger partial charge in [0.05, 0.1) is 16.8 Å². The third-order valence-electron chi connectivity index (χ3n) is 9.75. The Morgan fingerprint density at radius 2 is 1.65 bits per heavy atom. The summed E-state index contributed by atoms with van der Waals surface area (Å²) in [5, 5.41) is 11.6. The number of pyridine rings is 1. The van der Waals surface area contributed by atoms with Crippen molar-refractivity contribution < 1.29 is 14.6 Å². The van der Waals surface area contributed by atoms with Gasteiger partial charge in [0.15, 0.2) is 6.10 Å². The van der Waals surface area contributed by atoms with E-state index in [2.05, 4.69) is 47.9 Å². The van der Waals surface area contributed by atoms with Crippen LogP contribution in [0.2, 0.25) is 0 Å². The molecule has 1 fully saturated rings. The number of carboxylic acid groups (broad SMARTS) is 1. The zero-order valence-corrected chi connectivity index (χ0v) is 30.0. The zero-order chi connectivity index (χ0) is 34.5. The molecule has 0 amide bonds. The van der Waals surface area contributed by atoms with Gasteiger partial charge in [-0.1, -0.05) is 44.2 Å². The highest BCUT2D eigenvalue weighted by Crippen LogP contribution is 2.45. The number of piperidine rings is 1. The largest absolute Gasteiger partial charge is 0.479 e. The Kier molecular flexibility index (Phi) is 8.87. The highest BCUT2D eigenvalue weighted by atomic mass is 16.5. The van der Waals surface area contributed by atoms with E-state index in [1.807, 2.05) is 71.8 Å². The summed E-state index contributed by atoms with van der Waals surface area (Å²) in [5.41, 5.74) is 8.32. The van der Waals surface area contributed by atoms with E-state index in [-0.39, 0.29) is 5.41 Å². The van der Waals surface area contributed by atoms with Crippen molar-refractivity contribution >= 4 is 34.3 Å². The second-order valence-electron chi connectivity index (χ2n) is 15.4. The van der Waals surface area contributed by atoms with Gasteiger partial charge in [0.2, 0.25) is 5.95 Å². The van der Waals surface area contributed by atoms with Crippen molar-refractivity contribution in [1.82, 2.24) is 15.0 Å². The number of carbonyl (C=O) groups is 1. The lowest BCUT2D eigenvalue weighted by molar-refractivity contribution is -0.160. The van der Waals surface area contributed by atoms with Gasteiger partial charge in [0.1, 0.15) is 5.82 Å². The summed E-state index contributed by atoms with van der Waals surface area (Å²) in [6, 6.07) is 14.8. The number of hydrogen-bond donors (Lipinski definition) is 1. The molecular weight excluding hydrogens is 600 g/mol. The van der Waals surface area contributed by atoms with Crippen LogP contribution in [0.15, 0.2) is 42.5 Å². The number of benzene rings is 2. The minimum absolute atomic E-state index is 0.238. The fourth-order valence-corrected chi connectivity index (χ4v) is 7.16. The first-order chi connectivity index (χ1) is 22.6. The molecule has 0 bridgehead atoms. The fraction of sp³-hybridized carbons (Fsp3) is 0.487. The summed E-state index contributed by atoms with van der Waals surface area (Å²) in [4.78, 5) is 34.5. The summed E-state index contributed by atoms with van der Waals surface area (Å²) in [7, 11) is 4.04. The van der Waals surface area contributed by atoms with Crippen molar-refractivity contribution in [3.05, 3.63) is 70.5 Å². The number of aromatic nitrogens is 3. The molecule has 2 aromatic heterocycles. The van der Waals surface area contributed by atoms with Crippen LogP contribution in [0.25, 0.3) is 22.0 Å². The Bertz CT molecular complexity index is 1850. The number of hydrogen-bond acceptors (Lipinski definition) is 8. The number of aliphatic carboxylic acids is 1. The van der Waals surface area contributed by atoms with Crippen molar-refractivity contribution in [3.8, 4) is 11.1 Å². The molecule has 1 atom stereocenters. The molecule has 4 aromatic rings. The monoisotopic (exact) mass is 650 g/mol. The summed E-state index contributed by atoms with van der Waals surface area (Å²) in [6.45, 7) is 17.5. The predicted octanol–water partition coefficient (Wildman–Crippen LogP) is 7.50. The number of aryl methyl sites for hydroxylation is 2. The first kappa shape index (κ1) is 33.7. The van der Waals surface area contributed by atoms with Crippen LogP contribution in [-0.4, -0.2) is 65.4 Å². The summed E-state index contributed by atoms with van der Waals surface area (Å²) >= 11 is 0. The predicted molar refractivity (Wildman–Crippen MR) is 194 cm³/mol. The molecule has 9 nitrogen and oxygen atoms in total. The molecular formula is C39H50N6O3. The van der Waals surface area contributed by atoms with Gasteiger partial charge in [-0.05, 0) is 88.1 Å². The fourth-order valence-electron chi connectivity index (χ4n) is 7.16. The van der Waals surface area contributed by atoms with Gasteiger partial charge in [-0.3, -0.25) is 4.98 Å². The van der Waals surface area contributed by atoms with Gasteiger partial charge >= 0.3 is 5.97 Å². The van der Waals surface area contributed by atoms with Crippen LogP contribution in [0, 0.1) is 19.3 Å². The SMILES string of the molecule is Cc1nc(C)c([C@H](OC(C)(C)C)C(=O)O)c(N2CCC(C)(C)CC2)c1-c1ccc2c(c1)CCN(c1nc(N(C)C)c3ccccc3n1)C2. The Labute approximate surface area is 285 Å². The third kappa shape index (κ3) is 6.70. The van der Waals surface area contributed by atoms with Crippen LogP contribution in [0.4, 0.5) is 17.5 Å². The molecule has 0 radical (unpaired) electrons. The summed E-state index contributed by atoms with van der Waals surface area (Å²) in [6.07, 6.45) is 1.76. The normalized spacial score (nSPS) is 16.9. The highest BCUT2D eigenvalue weighted by Gasteiger charge is 2.36. The van der Waals surface area contributed by atoms with Crippen LogP contribution in [0.5, 0.6) is 0 Å². The van der Waals surface area contributed by atoms with Gasteiger partial charge in [-0.25, -0.2) is 9.78 Å². The molecule has 1 N–H and O–H groups in total. The molecule has 0 spiro atoms. The first-order valence-corrected chi connectivity index (χ1v) is 17.1. The van der Waals surface area contributed by atoms with E-state index >= 15 is 0 Å². The molecule has 2 aromatic carbocycles. The van der Waals surface area contributed by atoms with Crippen LogP contribution in [0.1, 0.15) is 81.6 Å². The van der Waals surface area contributed by atoms with Gasteiger partial charge < -0.3 is 24.5 Å². The maximum atomic E-state index is 12.9. The number of ether oxygens (including phenoxy) is 1. The molecule has 0 saturated carbocycles. The number of fused-ring (bicyclic) bond motifs is 2. The second kappa shape index (κ2) is 12.7. The number of rotatable bonds is 7. The quantitative estimate of drug-likeness (QED) is 0.218. The van der Waals surface area contributed by atoms with Crippen LogP contribution < -0.4 is 14.7 Å². The van der Waals surface area contributed by atoms with Crippen molar-refractivity contribution in [3.63, 3.8) is 0 Å². The van der Waals surface area contributed by atoms with E-state index < -0.39 is 17.7 Å². The second-order valence-corrected chi connectivity index (χ2v) is 15.4. The lowest BCUT2D eigenvalue weighted by Gasteiger charge is -2.41. The first-order valence-electron chi connectivity index (χ1n) is 17.1. The zero-order valence-electron chi connectivity index (χ0n) is 30.0. The third-order valence-corrected chi connectivity index (χ3v) is 9.75. The van der Waals surface area contributed by atoms with Gasteiger partial charge in [-0.15, -0.1) is 0 Å². The Balaban J connectivity index is 1.42. The Morgan fingerprint density at radius 1 is 0.938 bits per heavy atom. The molecule has 48 heavy (non-hydrogen) atoms. The number of nitrogens with zero attached hydrogens (tertiary/aromatic N) is 6. The van der Waals surface area contributed by atoms with Gasteiger partial charge in [0, 0.05) is 68.2 Å². The van der Waals surface area contributed by atoms with Crippen molar-refractivity contribution in [2.75, 3.05) is 48.4 Å². The Morgan fingerprint density at radius 3 is 2.31 bits per heavy atom. The lowest BCUT2D eigenvalue weighted by Crippen LogP contribution is -2.39. The lowest BCUT2D eigenvalue weighted by atomic mass is 9.81. The van der Waals surface area contributed by atoms with E-state index in [1.54, 1.807) is 0 Å². The maximum absolute atomic E-state index is 12.9. The number of para-hydroxylation sites is 1. The molecule has 9 heteroatoms. The van der Waals surface area contributed by atoms with Crippen molar-refractivity contribution in [2.45, 2.75) is 86.0 Å². The standard InChI is InChI=1S/C39H50N6O3/c1-24-31(33(44-20-17-39(6,7)18-21-44)32(25(2)40-24)34(36(46)47)48-38(3,4)5)27-14-15-28-23-45(19-16-26(28)22-27)37-41-30-13-11-10-12-29(30)35(42-37)43(8)9/h10-15,22,34H,16-21,23H2,1-9H3,(H,46,47)/t34-/m0/s1.